The van der Waals surface area contributed by atoms with Gasteiger partial charge in [-0.15, -0.1) is 11.8 Å². The van der Waals surface area contributed by atoms with E-state index in [1.54, 1.807) is 79.7 Å². The molecule has 0 heterocycles. The molecule has 258 valence electrons. The molecule has 0 aliphatic carbocycles. The minimum Gasteiger partial charge on any atom is -0.462 e. The van der Waals surface area contributed by atoms with Gasteiger partial charge in [0.2, 0.25) is 5.91 Å². The van der Waals surface area contributed by atoms with Gasteiger partial charge in [-0.05, 0) is 90.2 Å². The molecule has 0 aliphatic heterocycles. The lowest BCUT2D eigenvalue weighted by Gasteiger charge is -2.18. The van der Waals surface area contributed by atoms with E-state index in [0.717, 1.165) is 21.6 Å². The summed E-state index contributed by atoms with van der Waals surface area (Å²) in [6.07, 6.45) is 1.65. The van der Waals surface area contributed by atoms with Gasteiger partial charge in [0.1, 0.15) is 10.9 Å². The largest absolute Gasteiger partial charge is 0.462 e. The molecule has 0 saturated heterocycles. The Bertz CT molecular complexity index is 1990. The summed E-state index contributed by atoms with van der Waals surface area (Å²) in [6.45, 7) is 6.23. The highest BCUT2D eigenvalue weighted by atomic mass is 32.2. The van der Waals surface area contributed by atoms with Gasteiger partial charge in [-0.25, -0.2) is 4.79 Å². The van der Waals surface area contributed by atoms with Crippen LogP contribution in [0.4, 0.5) is 11.4 Å². The second-order valence-electron chi connectivity index (χ2n) is 11.9. The molecule has 3 amide bonds. The molecule has 0 aromatic heterocycles. The van der Waals surface area contributed by atoms with Crippen LogP contribution < -0.4 is 16.0 Å². The third-order valence-electron chi connectivity index (χ3n) is 7.79. The zero-order valence-electron chi connectivity index (χ0n) is 28.6. The van der Waals surface area contributed by atoms with Gasteiger partial charge in [-0.2, -0.15) is 0 Å². The van der Waals surface area contributed by atoms with Crippen molar-refractivity contribution in [2.24, 2.45) is 0 Å². The Labute approximate surface area is 302 Å². The lowest BCUT2D eigenvalue weighted by Crippen LogP contribution is -2.30. The zero-order valence-corrected chi connectivity index (χ0v) is 29.4. The van der Waals surface area contributed by atoms with Crippen LogP contribution in [0.2, 0.25) is 0 Å². The molecule has 3 N–H and O–H groups in total. The van der Waals surface area contributed by atoms with E-state index in [-0.39, 0.29) is 18.2 Å². The molecule has 0 saturated carbocycles. The molecular weight excluding hydrogens is 659 g/mol. The van der Waals surface area contributed by atoms with Crippen molar-refractivity contribution in [3.8, 4) is 0 Å². The number of carbonyl (C=O) groups is 4. The summed E-state index contributed by atoms with van der Waals surface area (Å²) < 4.78 is 5.05. The number of ether oxygens (including phenoxy) is 1. The molecule has 51 heavy (non-hydrogen) atoms. The average molecular weight is 698 g/mol. The molecule has 0 aliphatic rings. The van der Waals surface area contributed by atoms with Gasteiger partial charge in [0.25, 0.3) is 11.8 Å². The number of thioether (sulfide) groups is 1. The first-order valence-electron chi connectivity index (χ1n) is 16.6. The standard InChI is InChI=1S/C42H39N3O5S/c1-4-50-42(49)33-22-24-34(25-23-33)43-41(48)38(31-12-7-5-8-13-31)51-36-17-11-16-35(27-36)44-40(47)37(45-39(46)32-14-9-6-10-15-32)26-29-18-20-30(21-19-29)28(2)3/h5-28,38H,4H2,1-3H3,(H,43,48)(H,44,47)(H,45,46)/b37-26+. The molecule has 5 rings (SSSR count). The van der Waals surface area contributed by atoms with Crippen molar-refractivity contribution in [1.82, 2.24) is 5.32 Å². The van der Waals surface area contributed by atoms with Gasteiger partial charge in [-0.3, -0.25) is 14.4 Å². The van der Waals surface area contributed by atoms with Crippen molar-refractivity contribution in [3.05, 3.63) is 167 Å². The number of esters is 1. The molecule has 0 radical (unpaired) electrons. The molecule has 5 aromatic carbocycles. The van der Waals surface area contributed by atoms with Crippen molar-refractivity contribution in [1.29, 1.82) is 0 Å². The number of hydrogen-bond donors (Lipinski definition) is 3. The molecule has 8 nitrogen and oxygen atoms in total. The van der Waals surface area contributed by atoms with Crippen LogP contribution in [0.1, 0.15) is 69.3 Å². The quantitative estimate of drug-likeness (QED) is 0.0644. The fourth-order valence-corrected chi connectivity index (χ4v) is 6.16. The van der Waals surface area contributed by atoms with Crippen LogP contribution in [0.15, 0.2) is 144 Å². The monoisotopic (exact) mass is 697 g/mol. The van der Waals surface area contributed by atoms with Gasteiger partial charge in [0, 0.05) is 21.8 Å². The zero-order chi connectivity index (χ0) is 36.2. The van der Waals surface area contributed by atoms with Crippen LogP contribution in [0.3, 0.4) is 0 Å². The average Bonchev–Trinajstić information content (AvgIpc) is 3.15. The highest BCUT2D eigenvalue weighted by Gasteiger charge is 2.23. The topological polar surface area (TPSA) is 114 Å². The number of amides is 3. The number of anilines is 2. The second kappa shape index (κ2) is 17.6. The molecule has 9 heteroatoms. The van der Waals surface area contributed by atoms with Gasteiger partial charge < -0.3 is 20.7 Å². The lowest BCUT2D eigenvalue weighted by atomic mass is 10.0. The highest BCUT2D eigenvalue weighted by molar-refractivity contribution is 8.00. The van der Waals surface area contributed by atoms with E-state index >= 15 is 0 Å². The van der Waals surface area contributed by atoms with Crippen LogP contribution in [0.5, 0.6) is 0 Å². The smallest absolute Gasteiger partial charge is 0.338 e. The number of carbonyl (C=O) groups excluding carboxylic acids is 4. The summed E-state index contributed by atoms with van der Waals surface area (Å²) in [5.41, 5.74) is 4.62. The normalized spacial score (nSPS) is 11.7. The van der Waals surface area contributed by atoms with Crippen molar-refractivity contribution in [2.75, 3.05) is 17.2 Å². The van der Waals surface area contributed by atoms with Crippen LogP contribution >= 0.6 is 11.8 Å². The van der Waals surface area contributed by atoms with E-state index in [0.29, 0.717) is 28.4 Å². The van der Waals surface area contributed by atoms with Gasteiger partial charge in [-0.1, -0.05) is 92.7 Å². The minimum absolute atomic E-state index is 0.0784. The maximum atomic E-state index is 13.7. The summed E-state index contributed by atoms with van der Waals surface area (Å²) in [6, 6.07) is 39.7. The Morgan fingerprint density at radius 3 is 2.00 bits per heavy atom. The van der Waals surface area contributed by atoms with E-state index in [1.807, 2.05) is 66.7 Å². The Balaban J connectivity index is 1.35. The predicted molar refractivity (Wildman–Crippen MR) is 204 cm³/mol. The first kappa shape index (κ1) is 36.4. The fourth-order valence-electron chi connectivity index (χ4n) is 5.08. The first-order chi connectivity index (χ1) is 24.7. The SMILES string of the molecule is CCOC(=O)c1ccc(NC(=O)C(Sc2cccc(NC(=O)/C(=C\c3ccc(C(C)C)cc3)NC(=O)c3ccccc3)c2)c2ccccc2)cc1. The number of benzene rings is 5. The molecule has 0 fully saturated rings. The predicted octanol–water partition coefficient (Wildman–Crippen LogP) is 8.87. The van der Waals surface area contributed by atoms with Gasteiger partial charge in [0.05, 0.1) is 12.2 Å². The second-order valence-corrected chi connectivity index (χ2v) is 13.1. The van der Waals surface area contributed by atoms with Crippen molar-refractivity contribution in [3.63, 3.8) is 0 Å². The van der Waals surface area contributed by atoms with Gasteiger partial charge >= 0.3 is 5.97 Å². The summed E-state index contributed by atoms with van der Waals surface area (Å²) in [7, 11) is 0. The molecule has 0 spiro atoms. The third kappa shape index (κ3) is 10.3. The first-order valence-corrected chi connectivity index (χ1v) is 17.5. The Kier molecular flexibility index (Phi) is 12.6. The molecule has 1 unspecified atom stereocenters. The van der Waals surface area contributed by atoms with Crippen molar-refractivity contribution < 1.29 is 23.9 Å². The number of hydrogen-bond acceptors (Lipinski definition) is 6. The maximum Gasteiger partial charge on any atom is 0.338 e. The van der Waals surface area contributed by atoms with Crippen LogP contribution in [0.25, 0.3) is 6.08 Å². The lowest BCUT2D eigenvalue weighted by molar-refractivity contribution is -0.116. The molecule has 5 aromatic rings. The van der Waals surface area contributed by atoms with E-state index in [9.17, 15) is 19.2 Å². The van der Waals surface area contributed by atoms with E-state index in [2.05, 4.69) is 29.8 Å². The van der Waals surface area contributed by atoms with Crippen molar-refractivity contribution in [2.45, 2.75) is 36.8 Å². The van der Waals surface area contributed by atoms with E-state index < -0.39 is 23.0 Å². The maximum absolute atomic E-state index is 13.7. The van der Waals surface area contributed by atoms with Crippen LogP contribution in [-0.4, -0.2) is 30.3 Å². The molecule has 1 atom stereocenters. The molecular formula is C42H39N3O5S. The summed E-state index contributed by atoms with van der Waals surface area (Å²) in [4.78, 5) is 53.4. The minimum atomic E-state index is -0.642. The Morgan fingerprint density at radius 2 is 1.35 bits per heavy atom. The van der Waals surface area contributed by atoms with Crippen LogP contribution in [-0.2, 0) is 14.3 Å². The van der Waals surface area contributed by atoms with Crippen LogP contribution in [0, 0.1) is 0 Å². The van der Waals surface area contributed by atoms with E-state index in [4.69, 9.17) is 4.74 Å². The van der Waals surface area contributed by atoms with Gasteiger partial charge in [0.15, 0.2) is 0 Å². The van der Waals surface area contributed by atoms with Crippen molar-refractivity contribution >= 4 is 52.9 Å². The molecule has 0 bridgehead atoms. The highest BCUT2D eigenvalue weighted by Crippen LogP contribution is 2.37. The third-order valence-corrected chi connectivity index (χ3v) is 9.04. The summed E-state index contributed by atoms with van der Waals surface area (Å²) >= 11 is 1.33. The Morgan fingerprint density at radius 1 is 0.686 bits per heavy atom. The Hall–Kier alpha value is -5.93. The van der Waals surface area contributed by atoms with E-state index in [1.165, 1.54) is 11.8 Å². The fraction of sp³-hybridized carbons (Fsp3) is 0.143. The number of rotatable bonds is 13. The number of nitrogens with one attached hydrogen (secondary N) is 3. The summed E-state index contributed by atoms with van der Waals surface area (Å²) in [5.74, 6) is -1.25. The summed E-state index contributed by atoms with van der Waals surface area (Å²) in [5, 5.41) is 8.02.